The molecule has 1 aromatic heterocycles. The maximum absolute atomic E-state index is 13.3. The summed E-state index contributed by atoms with van der Waals surface area (Å²) in [4.78, 5) is 38.5. The van der Waals surface area contributed by atoms with Crippen molar-refractivity contribution in [2.24, 2.45) is 5.92 Å². The first-order valence-corrected chi connectivity index (χ1v) is 11.2. The molecule has 2 aromatic carbocycles. The number of benzene rings is 2. The van der Waals surface area contributed by atoms with E-state index < -0.39 is 11.8 Å². The first-order chi connectivity index (χ1) is 15.7. The van der Waals surface area contributed by atoms with Crippen LogP contribution >= 0.6 is 11.6 Å². The van der Waals surface area contributed by atoms with E-state index in [2.05, 4.69) is 5.10 Å². The molecule has 0 spiro atoms. The van der Waals surface area contributed by atoms with E-state index in [0.29, 0.717) is 17.0 Å². The molecule has 0 amide bonds. The molecule has 33 heavy (non-hydrogen) atoms. The van der Waals surface area contributed by atoms with Crippen LogP contribution in [0.2, 0.25) is 5.02 Å². The second kappa shape index (κ2) is 9.40. The topological polar surface area (TPSA) is 69.0 Å². The highest BCUT2D eigenvalue weighted by molar-refractivity contribution is 6.30. The van der Waals surface area contributed by atoms with Gasteiger partial charge >= 0.3 is 0 Å². The summed E-state index contributed by atoms with van der Waals surface area (Å²) in [5, 5.41) is 4.72. The number of halogens is 2. The maximum atomic E-state index is 13.3. The highest BCUT2D eigenvalue weighted by atomic mass is 35.5. The zero-order valence-electron chi connectivity index (χ0n) is 18.5. The Morgan fingerprint density at radius 2 is 1.91 bits per heavy atom. The number of hydrogen-bond acceptors (Lipinski definition) is 4. The largest absolute Gasteiger partial charge is 0.300 e. The van der Waals surface area contributed by atoms with E-state index in [4.69, 9.17) is 11.6 Å². The number of Topliss-reactive ketones (excluding diaryl/α,β-unsaturated/α-hetero) is 3. The summed E-state index contributed by atoms with van der Waals surface area (Å²) >= 11 is 5.97. The lowest BCUT2D eigenvalue weighted by Crippen LogP contribution is -2.19. The Balaban J connectivity index is 1.47. The first-order valence-electron chi connectivity index (χ1n) is 10.9. The van der Waals surface area contributed by atoms with E-state index in [1.165, 1.54) is 12.1 Å². The molecule has 0 bridgehead atoms. The predicted octanol–water partition coefficient (Wildman–Crippen LogP) is 5.12. The predicted molar refractivity (Wildman–Crippen MR) is 123 cm³/mol. The summed E-state index contributed by atoms with van der Waals surface area (Å²) in [5.74, 6) is -2.23. The minimum absolute atomic E-state index is 0.0400. The molecule has 0 saturated heterocycles. The van der Waals surface area contributed by atoms with Crippen LogP contribution < -0.4 is 0 Å². The van der Waals surface area contributed by atoms with Crippen molar-refractivity contribution in [3.8, 4) is 5.69 Å². The highest BCUT2D eigenvalue weighted by Crippen LogP contribution is 2.38. The van der Waals surface area contributed by atoms with Gasteiger partial charge in [0.2, 0.25) is 0 Å². The molecular formula is C26H24ClFN2O3. The number of aryl methyl sites for hydroxylation is 3. The Labute approximate surface area is 196 Å². The molecule has 1 saturated carbocycles. The van der Waals surface area contributed by atoms with Crippen LogP contribution in [0.3, 0.4) is 0 Å². The molecule has 7 heteroatoms. The minimum atomic E-state index is -0.846. The smallest absolute Gasteiger partial charge is 0.151 e. The molecule has 0 N–H and O–H groups in total. The van der Waals surface area contributed by atoms with Crippen LogP contribution in [0.15, 0.2) is 48.8 Å². The van der Waals surface area contributed by atoms with Gasteiger partial charge in [-0.1, -0.05) is 23.7 Å². The number of nitrogens with zero attached hydrogens (tertiary/aromatic N) is 2. The van der Waals surface area contributed by atoms with Gasteiger partial charge in [0, 0.05) is 31.4 Å². The summed E-state index contributed by atoms with van der Waals surface area (Å²) in [5.41, 5.74) is 3.88. The second-order valence-corrected chi connectivity index (χ2v) is 9.11. The van der Waals surface area contributed by atoms with Crippen molar-refractivity contribution in [1.82, 2.24) is 9.78 Å². The molecular weight excluding hydrogens is 443 g/mol. The van der Waals surface area contributed by atoms with Gasteiger partial charge in [-0.2, -0.15) is 5.10 Å². The quantitative estimate of drug-likeness (QED) is 0.453. The van der Waals surface area contributed by atoms with Crippen LogP contribution in [0, 0.1) is 25.6 Å². The maximum Gasteiger partial charge on any atom is 0.151 e. The van der Waals surface area contributed by atoms with Gasteiger partial charge < -0.3 is 0 Å². The molecule has 5 nitrogen and oxygen atoms in total. The fourth-order valence-corrected chi connectivity index (χ4v) is 4.80. The minimum Gasteiger partial charge on any atom is -0.300 e. The normalized spacial score (nSPS) is 18.2. The zero-order valence-corrected chi connectivity index (χ0v) is 19.2. The van der Waals surface area contributed by atoms with Crippen molar-refractivity contribution in [2.45, 2.75) is 45.4 Å². The number of carbonyl (C=O) groups is 3. The Kier molecular flexibility index (Phi) is 6.56. The molecule has 170 valence electrons. The number of rotatable bonds is 7. The van der Waals surface area contributed by atoms with E-state index in [1.807, 2.05) is 26.0 Å². The molecule has 1 fully saturated rings. The fraction of sp³-hybridized carbons (Fsp3) is 0.308. The molecule has 2 atom stereocenters. The molecule has 3 aromatic rings. The lowest BCUT2D eigenvalue weighted by atomic mass is 9.86. The van der Waals surface area contributed by atoms with E-state index in [0.717, 1.165) is 22.4 Å². The standard InChI is InChI=1S/C26H24ClFN2O3/c1-15-8-21(30-14-19(27)13-29-30)9-16(2)24(15)25-23(32)12-18(26(25)33)11-22(31)7-6-17-4-3-5-20(28)10-17/h3-5,8-10,13-14,18,25H,6-7,11-12H2,1-2H3. The fourth-order valence-electron chi connectivity index (χ4n) is 4.67. The van der Waals surface area contributed by atoms with Crippen molar-refractivity contribution >= 4 is 29.0 Å². The van der Waals surface area contributed by atoms with Crippen molar-refractivity contribution in [1.29, 1.82) is 0 Å². The third kappa shape index (κ3) is 4.96. The van der Waals surface area contributed by atoms with Gasteiger partial charge in [-0.25, -0.2) is 9.07 Å². The van der Waals surface area contributed by atoms with Crippen LogP contribution in [0.5, 0.6) is 0 Å². The summed E-state index contributed by atoms with van der Waals surface area (Å²) < 4.78 is 15.0. The molecule has 1 aliphatic rings. The lowest BCUT2D eigenvalue weighted by molar-refractivity contribution is -0.127. The number of aromatic nitrogens is 2. The zero-order chi connectivity index (χ0) is 23.7. The highest BCUT2D eigenvalue weighted by Gasteiger charge is 2.43. The Bertz CT molecular complexity index is 1230. The van der Waals surface area contributed by atoms with Gasteiger partial charge in [0.1, 0.15) is 23.3 Å². The van der Waals surface area contributed by atoms with Crippen LogP contribution in [-0.4, -0.2) is 27.1 Å². The number of ketones is 3. The monoisotopic (exact) mass is 466 g/mol. The number of hydrogen-bond donors (Lipinski definition) is 0. The average Bonchev–Trinajstić information content (AvgIpc) is 3.30. The molecule has 2 unspecified atom stereocenters. The van der Waals surface area contributed by atoms with Gasteiger partial charge in [-0.15, -0.1) is 0 Å². The van der Waals surface area contributed by atoms with Gasteiger partial charge in [0.15, 0.2) is 5.78 Å². The van der Waals surface area contributed by atoms with E-state index >= 15 is 0 Å². The van der Waals surface area contributed by atoms with Gasteiger partial charge in [0.05, 0.1) is 16.9 Å². The second-order valence-electron chi connectivity index (χ2n) is 8.67. The SMILES string of the molecule is Cc1cc(-n2cc(Cl)cn2)cc(C)c1C1C(=O)CC(CC(=O)CCc2cccc(F)c2)C1=O. The van der Waals surface area contributed by atoms with Crippen LogP contribution in [0.4, 0.5) is 4.39 Å². The number of carbonyl (C=O) groups excluding carboxylic acids is 3. The van der Waals surface area contributed by atoms with E-state index in [1.54, 1.807) is 29.2 Å². The summed E-state index contributed by atoms with van der Waals surface area (Å²) in [6.45, 7) is 3.74. The van der Waals surface area contributed by atoms with E-state index in [9.17, 15) is 18.8 Å². The summed E-state index contributed by atoms with van der Waals surface area (Å²) in [6.07, 6.45) is 3.97. The summed E-state index contributed by atoms with van der Waals surface area (Å²) in [6, 6.07) is 9.89. The lowest BCUT2D eigenvalue weighted by Gasteiger charge is -2.17. The first kappa shape index (κ1) is 23.1. The molecule has 1 aliphatic carbocycles. The van der Waals surface area contributed by atoms with Crippen LogP contribution in [0.25, 0.3) is 5.69 Å². The van der Waals surface area contributed by atoms with Crippen molar-refractivity contribution in [3.05, 3.63) is 81.9 Å². The van der Waals surface area contributed by atoms with Crippen LogP contribution in [-0.2, 0) is 20.8 Å². The van der Waals surface area contributed by atoms with Gasteiger partial charge in [-0.3, -0.25) is 14.4 Å². The molecule has 1 heterocycles. The Morgan fingerprint density at radius 1 is 1.18 bits per heavy atom. The van der Waals surface area contributed by atoms with Gasteiger partial charge in [-0.05, 0) is 66.8 Å². The molecule has 4 rings (SSSR count). The van der Waals surface area contributed by atoms with Crippen molar-refractivity contribution in [3.63, 3.8) is 0 Å². The third-order valence-electron chi connectivity index (χ3n) is 6.19. The molecule has 0 radical (unpaired) electrons. The third-order valence-corrected chi connectivity index (χ3v) is 6.39. The van der Waals surface area contributed by atoms with E-state index in [-0.39, 0.29) is 42.4 Å². The molecule has 0 aliphatic heterocycles. The summed E-state index contributed by atoms with van der Waals surface area (Å²) in [7, 11) is 0. The Hall–Kier alpha value is -3.12. The average molecular weight is 467 g/mol. The van der Waals surface area contributed by atoms with Crippen molar-refractivity contribution < 1.29 is 18.8 Å². The van der Waals surface area contributed by atoms with Crippen molar-refractivity contribution in [2.75, 3.05) is 0 Å². The van der Waals surface area contributed by atoms with Gasteiger partial charge in [0.25, 0.3) is 0 Å². The van der Waals surface area contributed by atoms with Crippen LogP contribution in [0.1, 0.15) is 47.4 Å². The Morgan fingerprint density at radius 3 is 2.55 bits per heavy atom.